The van der Waals surface area contributed by atoms with Crippen molar-refractivity contribution < 1.29 is 4.74 Å². The second-order valence-corrected chi connectivity index (χ2v) is 7.24. The molecule has 0 spiro atoms. The normalized spacial score (nSPS) is 24.0. The van der Waals surface area contributed by atoms with Crippen LogP contribution in [-0.2, 0) is 11.2 Å². The quantitative estimate of drug-likeness (QED) is 0.565. The average molecular weight is 355 g/mol. The van der Waals surface area contributed by atoms with Gasteiger partial charge in [0.2, 0.25) is 0 Å². The summed E-state index contributed by atoms with van der Waals surface area (Å²) in [6, 6.07) is 9.08. The number of aromatic nitrogens is 1. The van der Waals surface area contributed by atoms with Crippen molar-refractivity contribution in [2.24, 2.45) is 4.99 Å². The molecule has 3 N–H and O–H groups in total. The topological polar surface area (TPSA) is 64.7 Å². The van der Waals surface area contributed by atoms with E-state index in [0.29, 0.717) is 6.04 Å². The van der Waals surface area contributed by atoms with Gasteiger partial charge in [-0.1, -0.05) is 18.2 Å². The molecule has 0 radical (unpaired) electrons. The number of benzene rings is 1. The summed E-state index contributed by atoms with van der Waals surface area (Å²) in [6.07, 6.45) is 5.91. The molecule has 26 heavy (non-hydrogen) atoms. The van der Waals surface area contributed by atoms with E-state index >= 15 is 0 Å². The van der Waals surface area contributed by atoms with Crippen molar-refractivity contribution in [1.82, 2.24) is 20.5 Å². The molecule has 6 nitrogen and oxygen atoms in total. The van der Waals surface area contributed by atoms with Gasteiger partial charge in [0.15, 0.2) is 5.96 Å². The Labute approximate surface area is 155 Å². The monoisotopic (exact) mass is 355 g/mol. The van der Waals surface area contributed by atoms with E-state index in [1.54, 1.807) is 0 Å². The van der Waals surface area contributed by atoms with E-state index in [0.717, 1.165) is 38.6 Å². The number of nitrogens with zero attached hydrogens (tertiary/aromatic N) is 2. The first-order valence-electron chi connectivity index (χ1n) is 9.68. The van der Waals surface area contributed by atoms with E-state index < -0.39 is 0 Å². The van der Waals surface area contributed by atoms with Crippen molar-refractivity contribution in [1.29, 1.82) is 0 Å². The van der Waals surface area contributed by atoms with Crippen LogP contribution in [0.3, 0.4) is 0 Å². The molecule has 2 aromatic rings. The smallest absolute Gasteiger partial charge is 0.191 e. The van der Waals surface area contributed by atoms with E-state index in [1.165, 1.54) is 35.9 Å². The Morgan fingerprint density at radius 1 is 1.35 bits per heavy atom. The molecule has 4 rings (SSSR count). The van der Waals surface area contributed by atoms with E-state index in [-0.39, 0.29) is 6.10 Å². The molecule has 0 aliphatic carbocycles. The first kappa shape index (κ1) is 17.4. The van der Waals surface area contributed by atoms with Crippen LogP contribution in [0.1, 0.15) is 18.4 Å². The molecule has 0 saturated carbocycles. The molecule has 0 amide bonds. The van der Waals surface area contributed by atoms with Crippen molar-refractivity contribution in [3.8, 4) is 0 Å². The lowest BCUT2D eigenvalue weighted by atomic mass is 10.1. The zero-order valence-electron chi connectivity index (χ0n) is 15.5. The van der Waals surface area contributed by atoms with E-state index in [2.05, 4.69) is 56.0 Å². The Balaban J connectivity index is 1.22. The van der Waals surface area contributed by atoms with Crippen LogP contribution < -0.4 is 10.6 Å². The highest BCUT2D eigenvalue weighted by Crippen LogP contribution is 2.22. The lowest BCUT2D eigenvalue weighted by Gasteiger charge is -2.35. The minimum Gasteiger partial charge on any atom is -0.373 e. The number of morpholine rings is 1. The fraction of sp³-hybridized carbons (Fsp3) is 0.550. The fourth-order valence-electron chi connectivity index (χ4n) is 4.09. The van der Waals surface area contributed by atoms with Crippen molar-refractivity contribution in [3.63, 3.8) is 0 Å². The maximum Gasteiger partial charge on any atom is 0.191 e. The highest BCUT2D eigenvalue weighted by molar-refractivity contribution is 5.83. The molecule has 2 atom stereocenters. The van der Waals surface area contributed by atoms with Gasteiger partial charge >= 0.3 is 0 Å². The molecule has 2 aliphatic rings. The first-order valence-corrected chi connectivity index (χ1v) is 9.68. The van der Waals surface area contributed by atoms with Gasteiger partial charge < -0.3 is 20.4 Å². The number of H-pyrrole nitrogens is 1. The minimum atomic E-state index is 0.247. The van der Waals surface area contributed by atoms with Gasteiger partial charge in [-0.05, 0) is 37.4 Å². The van der Waals surface area contributed by atoms with Gasteiger partial charge in [0.05, 0.1) is 12.7 Å². The van der Waals surface area contributed by atoms with Crippen LogP contribution in [-0.4, -0.2) is 67.8 Å². The van der Waals surface area contributed by atoms with Crippen LogP contribution in [0, 0.1) is 0 Å². The molecule has 0 bridgehead atoms. The Kier molecular flexibility index (Phi) is 5.41. The SMILES string of the molecule is CN=C(NCCc1c[nH]c2ccccc12)NCC1CN2CCCC2CO1. The van der Waals surface area contributed by atoms with Gasteiger partial charge in [-0.2, -0.15) is 0 Å². The lowest BCUT2D eigenvalue weighted by Crippen LogP contribution is -2.51. The summed E-state index contributed by atoms with van der Waals surface area (Å²) >= 11 is 0. The maximum absolute atomic E-state index is 6.01. The third-order valence-electron chi connectivity index (χ3n) is 5.54. The highest BCUT2D eigenvalue weighted by atomic mass is 16.5. The van der Waals surface area contributed by atoms with Crippen molar-refractivity contribution in [2.45, 2.75) is 31.4 Å². The van der Waals surface area contributed by atoms with Gasteiger partial charge in [0, 0.05) is 49.8 Å². The molecule has 2 unspecified atom stereocenters. The number of aliphatic imine (C=N–C) groups is 1. The molecule has 6 heteroatoms. The number of rotatable bonds is 5. The molecular formula is C20H29N5O. The van der Waals surface area contributed by atoms with E-state index in [9.17, 15) is 0 Å². The number of ether oxygens (including phenoxy) is 1. The minimum absolute atomic E-state index is 0.247. The number of hydrogen-bond acceptors (Lipinski definition) is 3. The Bertz CT molecular complexity index is 755. The zero-order chi connectivity index (χ0) is 17.8. The summed E-state index contributed by atoms with van der Waals surface area (Å²) in [4.78, 5) is 10.2. The van der Waals surface area contributed by atoms with Gasteiger partial charge in [-0.25, -0.2) is 0 Å². The number of guanidine groups is 1. The second-order valence-electron chi connectivity index (χ2n) is 7.24. The standard InChI is InChI=1S/C20H29N5O/c1-21-20(24-12-17-13-25-10-4-5-16(25)14-26-17)22-9-8-15-11-23-19-7-3-2-6-18(15)19/h2-3,6-7,11,16-17,23H,4-5,8-10,12-14H2,1H3,(H2,21,22,24). The molecule has 1 aromatic carbocycles. The summed E-state index contributed by atoms with van der Waals surface area (Å²) in [5, 5.41) is 8.13. The predicted octanol–water partition coefficient (Wildman–Crippen LogP) is 1.74. The summed E-state index contributed by atoms with van der Waals surface area (Å²) in [6.45, 7) is 4.78. The molecule has 3 heterocycles. The summed E-state index contributed by atoms with van der Waals surface area (Å²) in [5.41, 5.74) is 2.53. The van der Waals surface area contributed by atoms with Crippen LogP contribution in [0.15, 0.2) is 35.5 Å². The highest BCUT2D eigenvalue weighted by Gasteiger charge is 2.32. The summed E-state index contributed by atoms with van der Waals surface area (Å²) in [5.74, 6) is 0.844. The molecule has 1 aromatic heterocycles. The van der Waals surface area contributed by atoms with E-state index in [4.69, 9.17) is 4.74 Å². The van der Waals surface area contributed by atoms with Gasteiger partial charge in [0.25, 0.3) is 0 Å². The largest absolute Gasteiger partial charge is 0.373 e. The van der Waals surface area contributed by atoms with Crippen LogP contribution in [0.25, 0.3) is 10.9 Å². The third-order valence-corrected chi connectivity index (χ3v) is 5.54. The summed E-state index contributed by atoms with van der Waals surface area (Å²) < 4.78 is 6.01. The first-order chi connectivity index (χ1) is 12.8. The van der Waals surface area contributed by atoms with Crippen molar-refractivity contribution >= 4 is 16.9 Å². The number of nitrogens with one attached hydrogen (secondary N) is 3. The van der Waals surface area contributed by atoms with Crippen LogP contribution >= 0.6 is 0 Å². The van der Waals surface area contributed by atoms with Crippen LogP contribution in [0.5, 0.6) is 0 Å². The zero-order valence-corrected chi connectivity index (χ0v) is 15.5. The van der Waals surface area contributed by atoms with Gasteiger partial charge in [-0.3, -0.25) is 9.89 Å². The number of hydrogen-bond donors (Lipinski definition) is 3. The van der Waals surface area contributed by atoms with Gasteiger partial charge in [-0.15, -0.1) is 0 Å². The molecular weight excluding hydrogens is 326 g/mol. The Morgan fingerprint density at radius 3 is 3.19 bits per heavy atom. The molecule has 2 fully saturated rings. The average Bonchev–Trinajstić information content (AvgIpc) is 3.31. The van der Waals surface area contributed by atoms with Crippen LogP contribution in [0.2, 0.25) is 0 Å². The Morgan fingerprint density at radius 2 is 2.27 bits per heavy atom. The van der Waals surface area contributed by atoms with Crippen LogP contribution in [0.4, 0.5) is 0 Å². The van der Waals surface area contributed by atoms with Crippen molar-refractivity contribution in [3.05, 3.63) is 36.0 Å². The molecule has 2 saturated heterocycles. The maximum atomic E-state index is 6.01. The predicted molar refractivity (Wildman–Crippen MR) is 106 cm³/mol. The Hall–Kier alpha value is -2.05. The second kappa shape index (κ2) is 8.10. The third kappa shape index (κ3) is 3.86. The lowest BCUT2D eigenvalue weighted by molar-refractivity contribution is -0.0453. The number of para-hydroxylation sites is 1. The molecule has 2 aliphatic heterocycles. The number of aromatic amines is 1. The van der Waals surface area contributed by atoms with Gasteiger partial charge in [0.1, 0.15) is 0 Å². The van der Waals surface area contributed by atoms with E-state index in [1.807, 2.05) is 7.05 Å². The number of fused-ring (bicyclic) bond motifs is 2. The fourth-order valence-corrected chi connectivity index (χ4v) is 4.09. The molecule has 140 valence electrons. The van der Waals surface area contributed by atoms with Crippen molar-refractivity contribution in [2.75, 3.05) is 39.8 Å². The summed E-state index contributed by atoms with van der Waals surface area (Å²) in [7, 11) is 1.82.